The van der Waals surface area contributed by atoms with E-state index in [1.807, 2.05) is 4.90 Å². The molecule has 0 bridgehead atoms. The highest BCUT2D eigenvalue weighted by atomic mass is 16.2. The third-order valence-corrected chi connectivity index (χ3v) is 2.86. The lowest BCUT2D eigenvalue weighted by Crippen LogP contribution is -2.46. The summed E-state index contributed by atoms with van der Waals surface area (Å²) in [7, 11) is 0. The van der Waals surface area contributed by atoms with Gasteiger partial charge in [0.1, 0.15) is 0 Å². The minimum Gasteiger partial charge on any atom is -0.323 e. The summed E-state index contributed by atoms with van der Waals surface area (Å²) in [6, 6.07) is 0.370. The number of hydrogen-bond acceptors (Lipinski definition) is 2. The smallest absolute Gasteiger partial charge is 0.238 e. The highest BCUT2D eigenvalue weighted by Gasteiger charge is 2.34. The highest BCUT2D eigenvalue weighted by Crippen LogP contribution is 2.19. The van der Waals surface area contributed by atoms with Crippen molar-refractivity contribution in [1.82, 2.24) is 10.2 Å². The Hall–Kier alpha value is -0.570. The van der Waals surface area contributed by atoms with E-state index in [9.17, 15) is 4.79 Å². The normalized spacial score (nSPS) is 24.8. The van der Waals surface area contributed by atoms with Crippen LogP contribution < -0.4 is 5.32 Å². The molecule has 2 unspecified atom stereocenters. The first-order chi connectivity index (χ1) is 6.57. The van der Waals surface area contributed by atoms with Crippen LogP contribution in [0.3, 0.4) is 0 Å². The van der Waals surface area contributed by atoms with E-state index < -0.39 is 0 Å². The van der Waals surface area contributed by atoms with Gasteiger partial charge in [-0.2, -0.15) is 0 Å². The lowest BCUT2D eigenvalue weighted by molar-refractivity contribution is -0.130. The Morgan fingerprint density at radius 2 is 2.14 bits per heavy atom. The van der Waals surface area contributed by atoms with Gasteiger partial charge in [-0.1, -0.05) is 27.2 Å². The van der Waals surface area contributed by atoms with Gasteiger partial charge < -0.3 is 4.90 Å². The second kappa shape index (κ2) is 4.78. The predicted molar refractivity (Wildman–Crippen MR) is 57.8 cm³/mol. The van der Waals surface area contributed by atoms with E-state index in [0.29, 0.717) is 18.5 Å². The van der Waals surface area contributed by atoms with Crippen molar-refractivity contribution in [3.63, 3.8) is 0 Å². The highest BCUT2D eigenvalue weighted by molar-refractivity contribution is 5.81. The summed E-state index contributed by atoms with van der Waals surface area (Å²) in [5, 5.41) is 3.27. The maximum absolute atomic E-state index is 11.7. The summed E-state index contributed by atoms with van der Waals surface area (Å²) in [6.45, 7) is 9.12. The van der Waals surface area contributed by atoms with Crippen molar-refractivity contribution in [2.24, 2.45) is 5.92 Å². The second-order valence-electron chi connectivity index (χ2n) is 4.51. The van der Waals surface area contributed by atoms with Crippen LogP contribution in [0.2, 0.25) is 0 Å². The first-order valence-electron chi connectivity index (χ1n) is 5.62. The van der Waals surface area contributed by atoms with Gasteiger partial charge >= 0.3 is 0 Å². The van der Waals surface area contributed by atoms with Gasteiger partial charge in [0.2, 0.25) is 5.91 Å². The number of amides is 1. The molecule has 3 heteroatoms. The molecule has 14 heavy (non-hydrogen) atoms. The first-order valence-corrected chi connectivity index (χ1v) is 5.62. The van der Waals surface area contributed by atoms with Gasteiger partial charge in [0.05, 0.1) is 12.7 Å². The fraction of sp³-hybridized carbons (Fsp3) is 0.909. The summed E-state index contributed by atoms with van der Waals surface area (Å²) >= 11 is 0. The van der Waals surface area contributed by atoms with Crippen LogP contribution in [-0.2, 0) is 4.79 Å². The number of nitrogens with zero attached hydrogens (tertiary/aromatic N) is 1. The van der Waals surface area contributed by atoms with E-state index >= 15 is 0 Å². The molecule has 1 rings (SSSR count). The van der Waals surface area contributed by atoms with Crippen molar-refractivity contribution in [3.05, 3.63) is 0 Å². The van der Waals surface area contributed by atoms with Crippen LogP contribution in [-0.4, -0.2) is 29.6 Å². The molecule has 82 valence electrons. The van der Waals surface area contributed by atoms with Gasteiger partial charge in [0.25, 0.3) is 0 Å². The molecule has 0 saturated carbocycles. The molecule has 1 fully saturated rings. The predicted octanol–water partition coefficient (Wildman–Crippen LogP) is 1.59. The van der Waals surface area contributed by atoms with Crippen molar-refractivity contribution in [3.8, 4) is 0 Å². The molecule has 1 aliphatic heterocycles. The van der Waals surface area contributed by atoms with E-state index in [1.165, 1.54) is 0 Å². The Kier molecular flexibility index (Phi) is 3.93. The molecular formula is C11H22N2O. The molecular weight excluding hydrogens is 176 g/mol. The largest absolute Gasteiger partial charge is 0.323 e. The first kappa shape index (κ1) is 11.5. The molecule has 0 aromatic heterocycles. The van der Waals surface area contributed by atoms with Crippen molar-refractivity contribution in [2.75, 3.05) is 6.54 Å². The van der Waals surface area contributed by atoms with Crippen molar-refractivity contribution >= 4 is 5.91 Å². The van der Waals surface area contributed by atoms with Crippen LogP contribution in [0.5, 0.6) is 0 Å². The van der Waals surface area contributed by atoms with Crippen LogP contribution in [0, 0.1) is 5.92 Å². The van der Waals surface area contributed by atoms with E-state index in [0.717, 1.165) is 12.8 Å². The Morgan fingerprint density at radius 3 is 2.64 bits per heavy atom. The Bertz CT molecular complexity index is 203. The van der Waals surface area contributed by atoms with Gasteiger partial charge in [0, 0.05) is 6.04 Å². The Balaban J connectivity index is 2.66. The summed E-state index contributed by atoms with van der Waals surface area (Å²) in [5.41, 5.74) is 0. The monoisotopic (exact) mass is 198 g/mol. The molecule has 1 N–H and O–H groups in total. The molecule has 1 amide bonds. The summed E-state index contributed by atoms with van der Waals surface area (Å²) in [4.78, 5) is 13.7. The molecule has 3 nitrogen and oxygen atoms in total. The topological polar surface area (TPSA) is 32.3 Å². The standard InChI is InChI=1S/C11H22N2O/c1-5-6-9(4)13-10(14)7-12-11(13)8(2)3/h8-9,11-12H,5-7H2,1-4H3. The quantitative estimate of drug-likeness (QED) is 0.744. The number of carbonyl (C=O) groups is 1. The van der Waals surface area contributed by atoms with E-state index in [1.54, 1.807) is 0 Å². The van der Waals surface area contributed by atoms with Crippen molar-refractivity contribution < 1.29 is 4.79 Å². The van der Waals surface area contributed by atoms with Crippen LogP contribution in [0.4, 0.5) is 0 Å². The number of rotatable bonds is 4. The summed E-state index contributed by atoms with van der Waals surface area (Å²) in [6.07, 6.45) is 2.47. The van der Waals surface area contributed by atoms with Gasteiger partial charge in [-0.3, -0.25) is 10.1 Å². The van der Waals surface area contributed by atoms with Crippen LogP contribution in [0.1, 0.15) is 40.5 Å². The lowest BCUT2D eigenvalue weighted by atomic mass is 10.1. The molecule has 1 aliphatic rings. The summed E-state index contributed by atoms with van der Waals surface area (Å²) < 4.78 is 0. The van der Waals surface area contributed by atoms with Crippen molar-refractivity contribution in [2.45, 2.75) is 52.7 Å². The number of carbonyl (C=O) groups excluding carboxylic acids is 1. The van der Waals surface area contributed by atoms with Gasteiger partial charge in [-0.15, -0.1) is 0 Å². The minimum absolute atomic E-state index is 0.240. The number of nitrogens with one attached hydrogen (secondary N) is 1. The van der Waals surface area contributed by atoms with Crippen LogP contribution in [0.15, 0.2) is 0 Å². The van der Waals surface area contributed by atoms with Gasteiger partial charge in [0.15, 0.2) is 0 Å². The molecule has 0 radical (unpaired) electrons. The number of hydrogen-bond donors (Lipinski definition) is 1. The van der Waals surface area contributed by atoms with E-state index in [2.05, 4.69) is 33.0 Å². The molecule has 0 aromatic carbocycles. The molecule has 1 heterocycles. The second-order valence-corrected chi connectivity index (χ2v) is 4.51. The van der Waals surface area contributed by atoms with Crippen LogP contribution >= 0.6 is 0 Å². The lowest BCUT2D eigenvalue weighted by Gasteiger charge is -2.32. The zero-order valence-corrected chi connectivity index (χ0v) is 9.71. The maximum Gasteiger partial charge on any atom is 0.238 e. The third kappa shape index (κ3) is 2.27. The minimum atomic E-state index is 0.240. The Labute approximate surface area is 86.9 Å². The average Bonchev–Trinajstić information content (AvgIpc) is 2.47. The molecule has 0 aliphatic carbocycles. The third-order valence-electron chi connectivity index (χ3n) is 2.86. The van der Waals surface area contributed by atoms with E-state index in [4.69, 9.17) is 0 Å². The fourth-order valence-corrected chi connectivity index (χ4v) is 2.17. The fourth-order valence-electron chi connectivity index (χ4n) is 2.17. The maximum atomic E-state index is 11.7. The van der Waals surface area contributed by atoms with Crippen LogP contribution in [0.25, 0.3) is 0 Å². The average molecular weight is 198 g/mol. The van der Waals surface area contributed by atoms with E-state index in [-0.39, 0.29) is 12.1 Å². The Morgan fingerprint density at radius 1 is 1.50 bits per heavy atom. The molecule has 0 aromatic rings. The zero-order valence-electron chi connectivity index (χ0n) is 9.71. The molecule has 0 spiro atoms. The SMILES string of the molecule is CCCC(C)N1C(=O)CNC1C(C)C. The molecule has 2 atom stereocenters. The van der Waals surface area contributed by atoms with Gasteiger partial charge in [-0.05, 0) is 19.3 Å². The van der Waals surface area contributed by atoms with Crippen molar-refractivity contribution in [1.29, 1.82) is 0 Å². The van der Waals surface area contributed by atoms with Gasteiger partial charge in [-0.25, -0.2) is 0 Å². The zero-order chi connectivity index (χ0) is 10.7. The summed E-state index contributed by atoms with van der Waals surface area (Å²) in [5.74, 6) is 0.741. The molecule has 1 saturated heterocycles.